The van der Waals surface area contributed by atoms with Crippen molar-refractivity contribution in [2.45, 2.75) is 17.4 Å². The zero-order chi connectivity index (χ0) is 28.4. The molecule has 0 N–H and O–H groups in total. The number of sulfonamides is 1. The first-order valence-electron chi connectivity index (χ1n) is 13.3. The molecule has 0 amide bonds. The van der Waals surface area contributed by atoms with Crippen LogP contribution in [0.4, 0.5) is 5.13 Å². The lowest BCUT2D eigenvalue weighted by molar-refractivity contribution is 0.0730. The van der Waals surface area contributed by atoms with Gasteiger partial charge in [-0.1, -0.05) is 24.3 Å². The maximum Gasteiger partial charge on any atom is 0.243 e. The molecule has 0 spiro atoms. The first kappa shape index (κ1) is 27.4. The molecule has 212 valence electrons. The number of hydrogen-bond donors (Lipinski definition) is 0. The zero-order valence-corrected chi connectivity index (χ0v) is 24.4. The van der Waals surface area contributed by atoms with E-state index in [0.29, 0.717) is 32.7 Å². The van der Waals surface area contributed by atoms with Crippen molar-refractivity contribution in [3.63, 3.8) is 0 Å². The molecular weight excluding hydrogens is 560 g/mol. The number of morpholine rings is 1. The molecule has 4 aromatic rings. The Hall–Kier alpha value is -3.77. The number of aromatic nitrogens is 1. The van der Waals surface area contributed by atoms with E-state index in [9.17, 15) is 8.42 Å². The number of rotatable bonds is 8. The van der Waals surface area contributed by atoms with Crippen LogP contribution in [0.25, 0.3) is 11.3 Å². The summed E-state index contributed by atoms with van der Waals surface area (Å²) < 4.78 is 43.5. The van der Waals surface area contributed by atoms with E-state index in [4.69, 9.17) is 24.3 Å². The van der Waals surface area contributed by atoms with Crippen LogP contribution >= 0.6 is 11.3 Å². The Bertz CT molecular complexity index is 1630. The Morgan fingerprint density at radius 2 is 1.46 bits per heavy atom. The van der Waals surface area contributed by atoms with Crippen LogP contribution in [0.5, 0.6) is 11.5 Å². The van der Waals surface area contributed by atoms with E-state index in [2.05, 4.69) is 12.1 Å². The molecule has 1 aromatic heterocycles. The predicted molar refractivity (Wildman–Crippen MR) is 159 cm³/mol. The van der Waals surface area contributed by atoms with Gasteiger partial charge in [-0.3, -0.25) is 0 Å². The van der Waals surface area contributed by atoms with Crippen LogP contribution in [-0.2, 0) is 14.8 Å². The van der Waals surface area contributed by atoms with Crippen molar-refractivity contribution >= 4 is 32.2 Å². The minimum Gasteiger partial charge on any atom is -0.497 e. The second kappa shape index (κ2) is 11.6. The van der Waals surface area contributed by atoms with E-state index in [0.717, 1.165) is 44.7 Å². The molecule has 6 rings (SSSR count). The molecule has 1 unspecified atom stereocenters. The Labute approximate surface area is 243 Å². The van der Waals surface area contributed by atoms with E-state index >= 15 is 0 Å². The topological polar surface area (TPSA) is 93.6 Å². The highest BCUT2D eigenvalue weighted by molar-refractivity contribution is 7.89. The van der Waals surface area contributed by atoms with Gasteiger partial charge in [0.15, 0.2) is 0 Å². The quantitative estimate of drug-likeness (QED) is 0.278. The van der Waals surface area contributed by atoms with Crippen molar-refractivity contribution in [1.82, 2.24) is 9.29 Å². The number of hydrazone groups is 1. The summed E-state index contributed by atoms with van der Waals surface area (Å²) >= 11 is 1.51. The summed E-state index contributed by atoms with van der Waals surface area (Å²) in [7, 11) is -0.247. The molecule has 2 aliphatic heterocycles. The summed E-state index contributed by atoms with van der Waals surface area (Å²) in [6.45, 7) is 1.55. The smallest absolute Gasteiger partial charge is 0.243 e. The number of ether oxygens (including phenoxy) is 3. The highest BCUT2D eigenvalue weighted by Gasteiger charge is 2.32. The normalized spacial score (nSPS) is 17.9. The fourth-order valence-corrected chi connectivity index (χ4v) is 7.21. The molecule has 9 nitrogen and oxygen atoms in total. The van der Waals surface area contributed by atoms with Crippen LogP contribution in [0.1, 0.15) is 23.6 Å². The van der Waals surface area contributed by atoms with Gasteiger partial charge in [0.05, 0.1) is 49.8 Å². The summed E-state index contributed by atoms with van der Waals surface area (Å²) in [6.07, 6.45) is 0.710. The van der Waals surface area contributed by atoms with Crippen LogP contribution in [-0.4, -0.2) is 63.9 Å². The maximum absolute atomic E-state index is 13.0. The SMILES string of the molecule is COc1ccc(C2=NN(c3nc(-c4ccc(S(=O)(=O)N5CCOCC5)cc4)cs3)C(c3ccc(OC)cc3)C2)cc1. The summed E-state index contributed by atoms with van der Waals surface area (Å²) in [5.41, 5.74) is 4.70. The average molecular weight is 591 g/mol. The average Bonchev–Trinajstić information content (AvgIpc) is 3.70. The van der Waals surface area contributed by atoms with Gasteiger partial charge in [0.2, 0.25) is 15.2 Å². The zero-order valence-electron chi connectivity index (χ0n) is 22.8. The van der Waals surface area contributed by atoms with Crippen molar-refractivity contribution in [2.75, 3.05) is 45.5 Å². The first-order valence-corrected chi connectivity index (χ1v) is 15.6. The molecule has 0 saturated carbocycles. The number of thiazole rings is 1. The Balaban J connectivity index is 1.29. The number of benzene rings is 3. The molecule has 3 aromatic carbocycles. The second-order valence-electron chi connectivity index (χ2n) is 9.67. The van der Waals surface area contributed by atoms with Gasteiger partial charge in [0.1, 0.15) is 11.5 Å². The van der Waals surface area contributed by atoms with Gasteiger partial charge in [-0.25, -0.2) is 18.4 Å². The molecule has 3 heterocycles. The third-order valence-electron chi connectivity index (χ3n) is 7.28. The summed E-state index contributed by atoms with van der Waals surface area (Å²) in [5.74, 6) is 1.59. The number of hydrogen-bond acceptors (Lipinski definition) is 9. The molecule has 0 bridgehead atoms. The number of nitrogens with zero attached hydrogens (tertiary/aromatic N) is 4. The number of anilines is 1. The summed E-state index contributed by atoms with van der Waals surface area (Å²) in [6, 6.07) is 22.8. The van der Waals surface area contributed by atoms with Crippen molar-refractivity contribution in [3.05, 3.63) is 89.3 Å². The second-order valence-corrected chi connectivity index (χ2v) is 12.4. The largest absolute Gasteiger partial charge is 0.497 e. The molecule has 1 atom stereocenters. The van der Waals surface area contributed by atoms with E-state index in [-0.39, 0.29) is 10.9 Å². The Morgan fingerprint density at radius 1 is 0.854 bits per heavy atom. The van der Waals surface area contributed by atoms with Crippen LogP contribution in [0.2, 0.25) is 0 Å². The van der Waals surface area contributed by atoms with Crippen molar-refractivity contribution in [3.8, 4) is 22.8 Å². The Kier molecular flexibility index (Phi) is 7.76. The van der Waals surface area contributed by atoms with Crippen molar-refractivity contribution < 1.29 is 22.6 Å². The lowest BCUT2D eigenvalue weighted by Gasteiger charge is -2.26. The third-order valence-corrected chi connectivity index (χ3v) is 10.0. The van der Waals surface area contributed by atoms with E-state index < -0.39 is 10.0 Å². The fourth-order valence-electron chi connectivity index (χ4n) is 4.97. The monoisotopic (exact) mass is 590 g/mol. The molecule has 0 radical (unpaired) electrons. The molecule has 41 heavy (non-hydrogen) atoms. The lowest BCUT2D eigenvalue weighted by atomic mass is 9.98. The molecule has 1 fully saturated rings. The fraction of sp³-hybridized carbons (Fsp3) is 0.267. The highest BCUT2D eigenvalue weighted by Crippen LogP contribution is 2.40. The molecule has 11 heteroatoms. The molecule has 2 aliphatic rings. The minimum atomic E-state index is -3.56. The van der Waals surface area contributed by atoms with Gasteiger partial charge in [0, 0.05) is 30.5 Å². The van der Waals surface area contributed by atoms with Crippen molar-refractivity contribution in [1.29, 1.82) is 0 Å². The summed E-state index contributed by atoms with van der Waals surface area (Å²) in [5, 5.41) is 9.74. The third kappa shape index (κ3) is 5.58. The van der Waals surface area contributed by atoms with Gasteiger partial charge in [-0.15, -0.1) is 11.3 Å². The molecular formula is C30H30N4O5S2. The lowest BCUT2D eigenvalue weighted by Crippen LogP contribution is -2.40. The van der Waals surface area contributed by atoms with Crippen LogP contribution in [0, 0.1) is 0 Å². The van der Waals surface area contributed by atoms with E-state index in [1.54, 1.807) is 26.4 Å². The maximum atomic E-state index is 13.0. The van der Waals surface area contributed by atoms with Gasteiger partial charge >= 0.3 is 0 Å². The van der Waals surface area contributed by atoms with Crippen LogP contribution < -0.4 is 14.5 Å². The van der Waals surface area contributed by atoms with E-state index in [1.165, 1.54) is 15.6 Å². The number of methoxy groups -OCH3 is 2. The summed E-state index contributed by atoms with van der Waals surface area (Å²) in [4.78, 5) is 5.20. The predicted octanol–water partition coefficient (Wildman–Crippen LogP) is 5.20. The minimum absolute atomic E-state index is 0.0435. The Morgan fingerprint density at radius 3 is 2.10 bits per heavy atom. The van der Waals surface area contributed by atoms with Gasteiger partial charge in [0.25, 0.3) is 0 Å². The highest BCUT2D eigenvalue weighted by atomic mass is 32.2. The van der Waals surface area contributed by atoms with Crippen LogP contribution in [0.3, 0.4) is 0 Å². The first-order chi connectivity index (χ1) is 20.0. The molecule has 1 saturated heterocycles. The molecule has 0 aliphatic carbocycles. The van der Waals surface area contributed by atoms with Gasteiger partial charge in [-0.2, -0.15) is 9.41 Å². The standard InChI is InChI=1S/C30H30N4O5S2/c1-37-24-9-3-21(4-10-24)27-19-29(23-5-11-25(38-2)12-6-23)34(32-27)30-31-28(20-40-30)22-7-13-26(14-8-22)41(35,36)33-15-17-39-18-16-33/h3-14,20,29H,15-19H2,1-2H3. The van der Waals surface area contributed by atoms with Gasteiger partial charge < -0.3 is 14.2 Å². The van der Waals surface area contributed by atoms with Crippen LogP contribution in [0.15, 0.2) is 88.2 Å². The van der Waals surface area contributed by atoms with E-state index in [1.807, 2.05) is 58.9 Å². The van der Waals surface area contributed by atoms with Crippen molar-refractivity contribution in [2.24, 2.45) is 5.10 Å². The van der Waals surface area contributed by atoms with Gasteiger partial charge in [-0.05, 0) is 59.7 Å².